The molecule has 2 aromatic carbocycles. The van der Waals surface area contributed by atoms with E-state index >= 15 is 0 Å². The van der Waals surface area contributed by atoms with Crippen molar-refractivity contribution < 1.29 is 14.3 Å². The Labute approximate surface area is 162 Å². The van der Waals surface area contributed by atoms with Gasteiger partial charge < -0.3 is 9.64 Å². The maximum Gasteiger partial charge on any atom is 0.267 e. The molecule has 2 atom stereocenters. The number of ketones is 1. The number of rotatable bonds is 5. The van der Waals surface area contributed by atoms with E-state index in [0.29, 0.717) is 28.3 Å². The van der Waals surface area contributed by atoms with Crippen LogP contribution in [0.15, 0.2) is 42.5 Å². The summed E-state index contributed by atoms with van der Waals surface area (Å²) in [6, 6.07) is 14.7. The van der Waals surface area contributed by atoms with Gasteiger partial charge in [0.2, 0.25) is 0 Å². The third kappa shape index (κ3) is 3.99. The maximum atomic E-state index is 12.8. The van der Waals surface area contributed by atoms with Crippen LogP contribution in [0.1, 0.15) is 35.3 Å². The van der Waals surface area contributed by atoms with Gasteiger partial charge in [0, 0.05) is 18.4 Å². The molecule has 2 unspecified atom stereocenters. The van der Waals surface area contributed by atoms with E-state index in [9.17, 15) is 9.59 Å². The zero-order chi connectivity index (χ0) is 19.6. The predicted molar refractivity (Wildman–Crippen MR) is 106 cm³/mol. The Balaban J connectivity index is 1.70. The molecule has 0 aliphatic carbocycles. The van der Waals surface area contributed by atoms with Crippen LogP contribution in [0.4, 0.5) is 5.69 Å². The number of anilines is 1. The number of hydrogen-bond acceptors (Lipinski definition) is 5. The van der Waals surface area contributed by atoms with E-state index in [-0.39, 0.29) is 16.9 Å². The van der Waals surface area contributed by atoms with Crippen LogP contribution in [-0.2, 0) is 10.5 Å². The summed E-state index contributed by atoms with van der Waals surface area (Å²) < 4.78 is 5.60. The standard InChI is InChI=1S/C21H20N2O3S/c1-13-21(25)23(3)18-10-17(8-9-19(18)26-13)20(24)14(2)27-12-16-6-4-15(11-22)5-7-16/h4-10,13-14H,12H2,1-3H3. The molecular formula is C21H20N2O3S. The molecule has 0 fully saturated rings. The Morgan fingerprint density at radius 3 is 2.67 bits per heavy atom. The first kappa shape index (κ1) is 19.0. The SMILES string of the molecule is CC1Oc2ccc(C(=O)C(C)SCc3ccc(C#N)cc3)cc2N(C)C1=O. The molecule has 0 spiro atoms. The molecule has 6 heteroatoms. The number of ether oxygens (including phenoxy) is 1. The molecule has 0 N–H and O–H groups in total. The van der Waals surface area contributed by atoms with E-state index in [4.69, 9.17) is 10.00 Å². The number of carbonyl (C=O) groups excluding carboxylic acids is 2. The molecule has 1 amide bonds. The summed E-state index contributed by atoms with van der Waals surface area (Å²) in [5.74, 6) is 1.17. The van der Waals surface area contributed by atoms with Crippen LogP contribution in [0.25, 0.3) is 0 Å². The summed E-state index contributed by atoms with van der Waals surface area (Å²) in [5.41, 5.74) is 2.87. The summed E-state index contributed by atoms with van der Waals surface area (Å²) in [6.07, 6.45) is -0.522. The third-order valence-corrected chi connectivity index (χ3v) is 5.75. The summed E-state index contributed by atoms with van der Waals surface area (Å²) >= 11 is 1.54. The minimum Gasteiger partial charge on any atom is -0.479 e. The van der Waals surface area contributed by atoms with Crippen LogP contribution >= 0.6 is 11.8 Å². The largest absolute Gasteiger partial charge is 0.479 e. The average Bonchev–Trinajstić information content (AvgIpc) is 2.70. The van der Waals surface area contributed by atoms with Gasteiger partial charge in [-0.1, -0.05) is 12.1 Å². The van der Waals surface area contributed by atoms with E-state index in [0.717, 1.165) is 5.56 Å². The van der Waals surface area contributed by atoms with Crippen molar-refractivity contribution in [3.63, 3.8) is 0 Å². The minimum absolute atomic E-state index is 0.0101. The first-order chi connectivity index (χ1) is 12.9. The number of nitriles is 1. The third-order valence-electron chi connectivity index (χ3n) is 4.54. The van der Waals surface area contributed by atoms with Gasteiger partial charge in [0.05, 0.1) is 22.6 Å². The summed E-state index contributed by atoms with van der Waals surface area (Å²) in [6.45, 7) is 3.59. The van der Waals surface area contributed by atoms with Crippen molar-refractivity contribution in [2.45, 2.75) is 31.0 Å². The van der Waals surface area contributed by atoms with Crippen molar-refractivity contribution in [1.29, 1.82) is 5.26 Å². The van der Waals surface area contributed by atoms with E-state index in [2.05, 4.69) is 6.07 Å². The topological polar surface area (TPSA) is 70.4 Å². The van der Waals surface area contributed by atoms with E-state index in [1.165, 1.54) is 4.90 Å². The van der Waals surface area contributed by atoms with Gasteiger partial charge in [-0.05, 0) is 49.7 Å². The van der Waals surface area contributed by atoms with E-state index < -0.39 is 6.10 Å². The Hall–Kier alpha value is -2.78. The highest BCUT2D eigenvalue weighted by Crippen LogP contribution is 2.34. The first-order valence-corrected chi connectivity index (χ1v) is 9.68. The number of benzene rings is 2. The summed E-state index contributed by atoms with van der Waals surface area (Å²) in [4.78, 5) is 26.4. The van der Waals surface area contributed by atoms with Crippen LogP contribution in [0.5, 0.6) is 5.75 Å². The number of carbonyl (C=O) groups is 2. The number of fused-ring (bicyclic) bond motifs is 1. The van der Waals surface area contributed by atoms with Crippen molar-refractivity contribution in [3.05, 3.63) is 59.2 Å². The number of thioether (sulfide) groups is 1. The fourth-order valence-electron chi connectivity index (χ4n) is 2.87. The van der Waals surface area contributed by atoms with Crippen molar-refractivity contribution in [2.24, 2.45) is 0 Å². The zero-order valence-corrected chi connectivity index (χ0v) is 16.2. The van der Waals surface area contributed by atoms with Gasteiger partial charge in [-0.15, -0.1) is 11.8 Å². The molecule has 0 radical (unpaired) electrons. The van der Waals surface area contributed by atoms with Gasteiger partial charge in [-0.3, -0.25) is 9.59 Å². The van der Waals surface area contributed by atoms with Crippen molar-refractivity contribution in [2.75, 3.05) is 11.9 Å². The van der Waals surface area contributed by atoms with Gasteiger partial charge in [-0.25, -0.2) is 0 Å². The molecule has 1 aliphatic rings. The highest BCUT2D eigenvalue weighted by Gasteiger charge is 2.30. The molecule has 0 bridgehead atoms. The van der Waals surface area contributed by atoms with Gasteiger partial charge in [0.25, 0.3) is 5.91 Å². The van der Waals surface area contributed by atoms with Gasteiger partial charge in [-0.2, -0.15) is 5.26 Å². The van der Waals surface area contributed by atoms with Crippen molar-refractivity contribution >= 4 is 29.1 Å². The second-order valence-corrected chi connectivity index (χ2v) is 7.80. The molecule has 2 aromatic rings. The molecule has 1 aliphatic heterocycles. The predicted octanol–water partition coefficient (Wildman–Crippen LogP) is 3.81. The van der Waals surface area contributed by atoms with Crippen LogP contribution < -0.4 is 9.64 Å². The zero-order valence-electron chi connectivity index (χ0n) is 15.4. The summed E-state index contributed by atoms with van der Waals surface area (Å²) in [5, 5.41) is 8.61. The molecule has 5 nitrogen and oxygen atoms in total. The van der Waals surface area contributed by atoms with Crippen LogP contribution in [-0.4, -0.2) is 30.1 Å². The Bertz CT molecular complexity index is 918. The van der Waals surface area contributed by atoms with Crippen LogP contribution in [0.3, 0.4) is 0 Å². The van der Waals surface area contributed by atoms with Crippen molar-refractivity contribution in [3.8, 4) is 11.8 Å². The molecule has 3 rings (SSSR count). The minimum atomic E-state index is -0.522. The van der Waals surface area contributed by atoms with Crippen LogP contribution in [0.2, 0.25) is 0 Å². The highest BCUT2D eigenvalue weighted by atomic mass is 32.2. The lowest BCUT2D eigenvalue weighted by Gasteiger charge is -2.30. The lowest BCUT2D eigenvalue weighted by molar-refractivity contribution is -0.125. The monoisotopic (exact) mass is 380 g/mol. The van der Waals surface area contributed by atoms with Gasteiger partial charge in [0.15, 0.2) is 11.9 Å². The lowest BCUT2D eigenvalue weighted by Crippen LogP contribution is -2.42. The number of nitrogens with zero attached hydrogens (tertiary/aromatic N) is 2. The number of likely N-dealkylation sites (N-methyl/N-ethyl adjacent to an activating group) is 1. The molecule has 1 heterocycles. The van der Waals surface area contributed by atoms with E-state index in [1.807, 2.05) is 19.1 Å². The molecule has 138 valence electrons. The normalized spacial score (nSPS) is 16.9. The Morgan fingerprint density at radius 2 is 2.00 bits per heavy atom. The second kappa shape index (κ2) is 7.85. The van der Waals surface area contributed by atoms with Crippen molar-refractivity contribution in [1.82, 2.24) is 0 Å². The quantitative estimate of drug-likeness (QED) is 0.738. The van der Waals surface area contributed by atoms with Gasteiger partial charge >= 0.3 is 0 Å². The molecule has 0 saturated heterocycles. The number of Topliss-reactive ketones (excluding diaryl/α,β-unsaturated/α-hetero) is 1. The first-order valence-electron chi connectivity index (χ1n) is 8.64. The van der Waals surface area contributed by atoms with Gasteiger partial charge in [0.1, 0.15) is 5.75 Å². The lowest BCUT2D eigenvalue weighted by atomic mass is 10.1. The molecule has 0 aromatic heterocycles. The molecule has 0 saturated carbocycles. The fourth-order valence-corrected chi connectivity index (χ4v) is 3.79. The number of amides is 1. The Kier molecular flexibility index (Phi) is 5.52. The molecule has 27 heavy (non-hydrogen) atoms. The smallest absolute Gasteiger partial charge is 0.267 e. The fraction of sp³-hybridized carbons (Fsp3) is 0.286. The molecular weight excluding hydrogens is 360 g/mol. The Morgan fingerprint density at radius 1 is 1.30 bits per heavy atom. The summed E-state index contributed by atoms with van der Waals surface area (Å²) in [7, 11) is 1.69. The highest BCUT2D eigenvalue weighted by molar-refractivity contribution is 7.99. The number of hydrogen-bond donors (Lipinski definition) is 0. The average molecular weight is 380 g/mol. The van der Waals surface area contributed by atoms with E-state index in [1.54, 1.807) is 56.1 Å². The maximum absolute atomic E-state index is 12.8. The second-order valence-electron chi connectivity index (χ2n) is 6.47. The van der Waals surface area contributed by atoms with Crippen LogP contribution in [0, 0.1) is 11.3 Å².